The fourth-order valence-corrected chi connectivity index (χ4v) is 4.82. The Morgan fingerprint density at radius 2 is 2.16 bits per heavy atom. The van der Waals surface area contributed by atoms with Crippen LogP contribution in [0.2, 0.25) is 0 Å². The highest BCUT2D eigenvalue weighted by atomic mass is 16.5. The minimum Gasteiger partial charge on any atom is -0.497 e. The predicted molar refractivity (Wildman–Crippen MR) is 78.9 cm³/mol. The number of fused-ring (bicyclic) bond motifs is 4. The molecule has 4 unspecified atom stereocenters. The molecule has 2 heteroatoms. The zero-order valence-corrected chi connectivity index (χ0v) is 12.5. The topological polar surface area (TPSA) is 21.3 Å². The van der Waals surface area contributed by atoms with Crippen molar-refractivity contribution < 1.29 is 4.74 Å². The van der Waals surface area contributed by atoms with Gasteiger partial charge < -0.3 is 10.1 Å². The van der Waals surface area contributed by atoms with Crippen molar-refractivity contribution in [1.82, 2.24) is 5.32 Å². The van der Waals surface area contributed by atoms with Crippen molar-refractivity contribution in [2.75, 3.05) is 13.7 Å². The van der Waals surface area contributed by atoms with Crippen molar-refractivity contribution in [2.24, 2.45) is 5.92 Å². The Labute approximate surface area is 116 Å². The number of benzene rings is 1. The van der Waals surface area contributed by atoms with Gasteiger partial charge in [0.15, 0.2) is 0 Å². The van der Waals surface area contributed by atoms with E-state index in [0.717, 1.165) is 18.2 Å². The van der Waals surface area contributed by atoms with E-state index in [4.69, 9.17) is 4.74 Å². The van der Waals surface area contributed by atoms with Crippen molar-refractivity contribution in [2.45, 2.75) is 51.0 Å². The number of nitrogens with one attached hydrogen (secondary N) is 1. The number of methoxy groups -OCH3 is 1. The summed E-state index contributed by atoms with van der Waals surface area (Å²) in [6.07, 6.45) is 2.48. The minimum absolute atomic E-state index is 0.378. The first-order valence-electron chi connectivity index (χ1n) is 7.60. The van der Waals surface area contributed by atoms with Gasteiger partial charge in [0.25, 0.3) is 0 Å². The molecule has 0 amide bonds. The Hall–Kier alpha value is -1.02. The summed E-state index contributed by atoms with van der Waals surface area (Å²) in [5, 5.41) is 3.71. The lowest BCUT2D eigenvalue weighted by Gasteiger charge is -2.60. The van der Waals surface area contributed by atoms with E-state index in [2.05, 4.69) is 44.3 Å². The highest BCUT2D eigenvalue weighted by Crippen LogP contribution is 2.61. The highest BCUT2D eigenvalue weighted by molar-refractivity contribution is 5.55. The molecule has 1 aromatic carbocycles. The van der Waals surface area contributed by atoms with E-state index in [1.807, 2.05) is 0 Å². The van der Waals surface area contributed by atoms with Crippen LogP contribution in [-0.4, -0.2) is 19.7 Å². The molecule has 1 saturated heterocycles. The van der Waals surface area contributed by atoms with Gasteiger partial charge in [0.05, 0.1) is 7.11 Å². The van der Waals surface area contributed by atoms with Crippen LogP contribution in [0.5, 0.6) is 5.75 Å². The Morgan fingerprint density at radius 1 is 1.37 bits per heavy atom. The van der Waals surface area contributed by atoms with Gasteiger partial charge in [-0.3, -0.25) is 0 Å². The summed E-state index contributed by atoms with van der Waals surface area (Å²) >= 11 is 0. The summed E-state index contributed by atoms with van der Waals surface area (Å²) in [4.78, 5) is 0. The van der Waals surface area contributed by atoms with E-state index >= 15 is 0 Å². The van der Waals surface area contributed by atoms with Gasteiger partial charge in [-0.15, -0.1) is 0 Å². The van der Waals surface area contributed by atoms with E-state index in [1.165, 1.54) is 12.8 Å². The van der Waals surface area contributed by atoms with Gasteiger partial charge in [-0.05, 0) is 42.5 Å². The molecule has 0 bridgehead atoms. The molecule has 0 spiro atoms. The van der Waals surface area contributed by atoms with Crippen molar-refractivity contribution in [3.8, 4) is 5.75 Å². The summed E-state index contributed by atoms with van der Waals surface area (Å²) in [6.45, 7) is 8.17. The second kappa shape index (κ2) is 4.52. The lowest BCUT2D eigenvalue weighted by Crippen LogP contribution is -2.62. The molecule has 1 heterocycles. The molecular weight excluding hydrogens is 234 g/mol. The number of piperidine rings is 1. The van der Waals surface area contributed by atoms with Crippen LogP contribution in [0.15, 0.2) is 18.2 Å². The zero-order chi connectivity index (χ0) is 13.6. The molecular formula is C17H25NO. The van der Waals surface area contributed by atoms with Crippen LogP contribution in [0.3, 0.4) is 0 Å². The van der Waals surface area contributed by atoms with Gasteiger partial charge in [0.2, 0.25) is 0 Å². The molecule has 1 N–H and O–H groups in total. The number of hydrogen-bond donors (Lipinski definition) is 1. The minimum atomic E-state index is 0.378. The van der Waals surface area contributed by atoms with Gasteiger partial charge in [0.1, 0.15) is 5.75 Å². The second-order valence-corrected chi connectivity index (χ2v) is 6.11. The molecule has 1 aliphatic carbocycles. The largest absolute Gasteiger partial charge is 0.497 e. The van der Waals surface area contributed by atoms with Gasteiger partial charge in [-0.1, -0.05) is 26.3 Å². The number of hydrogen-bond acceptors (Lipinski definition) is 2. The molecule has 104 valence electrons. The van der Waals surface area contributed by atoms with Gasteiger partial charge in [-0.25, -0.2) is 0 Å². The van der Waals surface area contributed by atoms with E-state index < -0.39 is 0 Å². The van der Waals surface area contributed by atoms with Crippen molar-refractivity contribution in [3.63, 3.8) is 0 Å². The van der Waals surface area contributed by atoms with Crippen LogP contribution in [0.25, 0.3) is 0 Å². The first-order valence-corrected chi connectivity index (χ1v) is 7.60. The highest BCUT2D eigenvalue weighted by Gasteiger charge is 2.57. The van der Waals surface area contributed by atoms with Crippen molar-refractivity contribution >= 4 is 0 Å². The van der Waals surface area contributed by atoms with Crippen LogP contribution < -0.4 is 10.1 Å². The molecule has 3 rings (SSSR count). The fraction of sp³-hybridized carbons (Fsp3) is 0.647. The maximum atomic E-state index is 5.43. The van der Waals surface area contributed by atoms with E-state index in [0.29, 0.717) is 17.4 Å². The Balaban J connectivity index is 2.11. The maximum Gasteiger partial charge on any atom is 0.119 e. The van der Waals surface area contributed by atoms with Crippen LogP contribution in [0.1, 0.15) is 50.7 Å². The molecule has 2 aliphatic rings. The molecule has 1 aliphatic heterocycles. The summed E-state index contributed by atoms with van der Waals surface area (Å²) in [7, 11) is 1.76. The lowest BCUT2D eigenvalue weighted by atomic mass is 9.46. The monoisotopic (exact) mass is 259 g/mol. The van der Waals surface area contributed by atoms with Gasteiger partial charge >= 0.3 is 0 Å². The molecule has 1 aromatic rings. The molecule has 2 nitrogen and oxygen atoms in total. The molecule has 0 saturated carbocycles. The summed E-state index contributed by atoms with van der Waals surface area (Å²) in [5.74, 6) is 2.43. The summed E-state index contributed by atoms with van der Waals surface area (Å²) in [5.41, 5.74) is 3.48. The smallest absolute Gasteiger partial charge is 0.119 e. The van der Waals surface area contributed by atoms with E-state index in [-0.39, 0.29) is 0 Å². The van der Waals surface area contributed by atoms with Crippen LogP contribution in [0.4, 0.5) is 0 Å². The molecule has 19 heavy (non-hydrogen) atoms. The molecule has 0 radical (unpaired) electrons. The van der Waals surface area contributed by atoms with Gasteiger partial charge in [-0.2, -0.15) is 0 Å². The standard InChI is InChI=1S/C17H25NO/c1-5-14-11(3)18-10-16-13-8-7-12(19-4)9-15(13)17(14,16)6-2/h7-9,11,14,16,18H,5-6,10H2,1-4H3. The average molecular weight is 259 g/mol. The third-order valence-electron chi connectivity index (χ3n) is 5.69. The maximum absolute atomic E-state index is 5.43. The van der Waals surface area contributed by atoms with Crippen molar-refractivity contribution in [3.05, 3.63) is 29.3 Å². The Morgan fingerprint density at radius 3 is 2.79 bits per heavy atom. The third-order valence-corrected chi connectivity index (χ3v) is 5.69. The van der Waals surface area contributed by atoms with Gasteiger partial charge in [0, 0.05) is 23.9 Å². The zero-order valence-electron chi connectivity index (χ0n) is 12.5. The summed E-state index contributed by atoms with van der Waals surface area (Å²) in [6, 6.07) is 7.28. The Kier molecular flexibility index (Phi) is 3.09. The number of rotatable bonds is 3. The average Bonchev–Trinajstić information content (AvgIpc) is 2.44. The van der Waals surface area contributed by atoms with E-state index in [1.54, 1.807) is 18.2 Å². The van der Waals surface area contributed by atoms with Crippen LogP contribution in [0, 0.1) is 5.92 Å². The summed E-state index contributed by atoms with van der Waals surface area (Å²) < 4.78 is 5.43. The molecule has 4 atom stereocenters. The predicted octanol–water partition coefficient (Wildman–Crippen LogP) is 3.46. The second-order valence-electron chi connectivity index (χ2n) is 6.11. The lowest BCUT2D eigenvalue weighted by molar-refractivity contribution is 0.0859. The fourth-order valence-electron chi connectivity index (χ4n) is 4.82. The SMILES string of the molecule is CCC1C(C)NCC2c3ccc(OC)cc3C21CC. The third kappa shape index (κ3) is 1.53. The molecule has 1 fully saturated rings. The van der Waals surface area contributed by atoms with Crippen LogP contribution >= 0.6 is 0 Å². The van der Waals surface area contributed by atoms with Crippen LogP contribution in [-0.2, 0) is 5.41 Å². The van der Waals surface area contributed by atoms with Crippen molar-refractivity contribution in [1.29, 1.82) is 0 Å². The molecule has 0 aromatic heterocycles. The first-order chi connectivity index (χ1) is 9.18. The quantitative estimate of drug-likeness (QED) is 0.897. The normalized spacial score (nSPS) is 36.1. The van der Waals surface area contributed by atoms with E-state index in [9.17, 15) is 0 Å². The first kappa shape index (κ1) is 13.0. The Bertz CT molecular complexity index is 484. The number of ether oxygens (including phenoxy) is 1.